The maximum absolute atomic E-state index is 8.33. The van der Waals surface area contributed by atoms with Gasteiger partial charge in [-0.3, -0.25) is 0 Å². The van der Waals surface area contributed by atoms with E-state index in [1.165, 1.54) is 0 Å². The first-order valence-electron chi connectivity index (χ1n) is 3.76. The molecule has 0 atom stereocenters. The minimum Gasteiger partial charge on any atom is -0.477 e. The molecule has 0 aliphatic heterocycles. The zero-order valence-electron chi connectivity index (χ0n) is 6.96. The lowest BCUT2D eigenvalue weighted by molar-refractivity contribution is 0.364. The van der Waals surface area contributed by atoms with Gasteiger partial charge in [-0.2, -0.15) is 5.26 Å². The molecular formula is C9H9ClN2O. The fraction of sp³-hybridized carbons (Fsp3) is 0.222. The van der Waals surface area contributed by atoms with E-state index in [0.29, 0.717) is 17.3 Å². The van der Waals surface area contributed by atoms with Gasteiger partial charge in [0.15, 0.2) is 6.61 Å². The van der Waals surface area contributed by atoms with E-state index in [2.05, 4.69) is 0 Å². The van der Waals surface area contributed by atoms with Gasteiger partial charge in [0, 0.05) is 12.1 Å². The summed E-state index contributed by atoms with van der Waals surface area (Å²) in [4.78, 5) is 0. The Labute approximate surface area is 81.7 Å². The van der Waals surface area contributed by atoms with Crippen LogP contribution in [0.2, 0.25) is 5.02 Å². The van der Waals surface area contributed by atoms with Crippen LogP contribution >= 0.6 is 11.6 Å². The Hall–Kier alpha value is -1.24. The van der Waals surface area contributed by atoms with Crippen molar-refractivity contribution in [3.63, 3.8) is 0 Å². The average Bonchev–Trinajstić information content (AvgIpc) is 2.15. The molecule has 3 nitrogen and oxygen atoms in total. The van der Waals surface area contributed by atoms with Crippen LogP contribution in [0.1, 0.15) is 5.56 Å². The van der Waals surface area contributed by atoms with E-state index in [1.807, 2.05) is 12.1 Å². The maximum atomic E-state index is 8.33. The van der Waals surface area contributed by atoms with Crippen LogP contribution in [-0.4, -0.2) is 6.61 Å². The fourth-order valence-corrected chi connectivity index (χ4v) is 1.23. The Bertz CT molecular complexity index is 333. The van der Waals surface area contributed by atoms with Crippen LogP contribution < -0.4 is 10.5 Å². The van der Waals surface area contributed by atoms with Crippen molar-refractivity contribution in [2.24, 2.45) is 5.73 Å². The third-order valence-corrected chi connectivity index (χ3v) is 1.85. The molecule has 13 heavy (non-hydrogen) atoms. The average molecular weight is 197 g/mol. The van der Waals surface area contributed by atoms with E-state index >= 15 is 0 Å². The highest BCUT2D eigenvalue weighted by atomic mass is 35.5. The van der Waals surface area contributed by atoms with Gasteiger partial charge in [0.05, 0.1) is 5.02 Å². The van der Waals surface area contributed by atoms with Crippen LogP contribution in [0.4, 0.5) is 0 Å². The van der Waals surface area contributed by atoms with E-state index in [-0.39, 0.29) is 6.61 Å². The molecule has 0 bridgehead atoms. The van der Waals surface area contributed by atoms with Gasteiger partial charge in [0.1, 0.15) is 11.8 Å². The number of halogens is 1. The van der Waals surface area contributed by atoms with Crippen molar-refractivity contribution < 1.29 is 4.74 Å². The minimum absolute atomic E-state index is 0.0171. The number of ether oxygens (including phenoxy) is 1. The van der Waals surface area contributed by atoms with Gasteiger partial charge in [-0.05, 0) is 6.07 Å². The summed E-state index contributed by atoms with van der Waals surface area (Å²) in [6.07, 6.45) is 0. The van der Waals surface area contributed by atoms with E-state index in [9.17, 15) is 0 Å². The summed E-state index contributed by atoms with van der Waals surface area (Å²) in [6.45, 7) is 0.331. The Morgan fingerprint density at radius 1 is 1.54 bits per heavy atom. The van der Waals surface area contributed by atoms with Crippen molar-refractivity contribution in [3.05, 3.63) is 28.8 Å². The molecular weight excluding hydrogens is 188 g/mol. The van der Waals surface area contributed by atoms with Crippen molar-refractivity contribution in [2.45, 2.75) is 6.54 Å². The lowest BCUT2D eigenvalue weighted by Crippen LogP contribution is -2.02. The number of nitrogens with two attached hydrogens (primary N) is 1. The molecule has 0 aliphatic carbocycles. The number of nitriles is 1. The van der Waals surface area contributed by atoms with E-state index in [0.717, 1.165) is 5.56 Å². The van der Waals surface area contributed by atoms with E-state index in [1.54, 1.807) is 12.1 Å². The number of para-hydroxylation sites is 1. The standard InChI is InChI=1S/C9H9ClN2O/c10-8-3-1-2-7(6-12)9(8)13-5-4-11/h1-3H,5-6,12H2. The summed E-state index contributed by atoms with van der Waals surface area (Å²) >= 11 is 5.85. The van der Waals surface area contributed by atoms with Crippen molar-refractivity contribution in [3.8, 4) is 11.8 Å². The molecule has 1 aromatic rings. The first-order chi connectivity index (χ1) is 6.29. The molecule has 0 radical (unpaired) electrons. The molecule has 0 saturated carbocycles. The number of benzene rings is 1. The number of nitrogens with zero attached hydrogens (tertiary/aromatic N) is 1. The molecule has 0 saturated heterocycles. The molecule has 0 fully saturated rings. The molecule has 0 spiro atoms. The normalized spacial score (nSPS) is 9.31. The van der Waals surface area contributed by atoms with Crippen LogP contribution in [0.25, 0.3) is 0 Å². The molecule has 2 N–H and O–H groups in total. The van der Waals surface area contributed by atoms with Gasteiger partial charge < -0.3 is 10.5 Å². The van der Waals surface area contributed by atoms with Crippen LogP contribution in [0, 0.1) is 11.3 Å². The summed E-state index contributed by atoms with van der Waals surface area (Å²) in [7, 11) is 0. The van der Waals surface area contributed by atoms with Gasteiger partial charge in [0.25, 0.3) is 0 Å². The summed E-state index contributed by atoms with van der Waals surface area (Å²) < 4.78 is 5.13. The summed E-state index contributed by atoms with van der Waals surface area (Å²) in [5.41, 5.74) is 6.28. The predicted molar refractivity (Wildman–Crippen MR) is 50.5 cm³/mol. The number of rotatable bonds is 3. The van der Waals surface area contributed by atoms with Gasteiger partial charge >= 0.3 is 0 Å². The SMILES string of the molecule is N#CCOc1c(Cl)cccc1CN. The zero-order chi connectivity index (χ0) is 9.68. The maximum Gasteiger partial charge on any atom is 0.174 e. The van der Waals surface area contributed by atoms with Crippen LogP contribution in [0.3, 0.4) is 0 Å². The van der Waals surface area contributed by atoms with Crippen LogP contribution in [0.5, 0.6) is 5.75 Å². The quantitative estimate of drug-likeness (QED) is 0.801. The van der Waals surface area contributed by atoms with Crippen LogP contribution in [0.15, 0.2) is 18.2 Å². The second-order valence-electron chi connectivity index (χ2n) is 2.38. The second kappa shape index (κ2) is 4.70. The largest absolute Gasteiger partial charge is 0.477 e. The van der Waals surface area contributed by atoms with E-state index in [4.69, 9.17) is 27.3 Å². The van der Waals surface area contributed by atoms with Crippen LogP contribution in [-0.2, 0) is 6.54 Å². The van der Waals surface area contributed by atoms with Crippen molar-refractivity contribution >= 4 is 11.6 Å². The highest BCUT2D eigenvalue weighted by Crippen LogP contribution is 2.28. The Kier molecular flexibility index (Phi) is 3.56. The third-order valence-electron chi connectivity index (χ3n) is 1.55. The highest BCUT2D eigenvalue weighted by molar-refractivity contribution is 6.32. The van der Waals surface area contributed by atoms with Crippen molar-refractivity contribution in [1.29, 1.82) is 5.26 Å². The Morgan fingerprint density at radius 2 is 2.31 bits per heavy atom. The zero-order valence-corrected chi connectivity index (χ0v) is 7.71. The van der Waals surface area contributed by atoms with Gasteiger partial charge in [-0.1, -0.05) is 23.7 Å². The number of hydrogen-bond donors (Lipinski definition) is 1. The summed E-state index contributed by atoms with van der Waals surface area (Å²) in [5.74, 6) is 0.508. The molecule has 0 amide bonds. The van der Waals surface area contributed by atoms with Gasteiger partial charge in [0.2, 0.25) is 0 Å². The molecule has 0 aromatic heterocycles. The Balaban J connectivity index is 2.95. The fourth-order valence-electron chi connectivity index (χ4n) is 0.980. The first-order valence-corrected chi connectivity index (χ1v) is 4.14. The second-order valence-corrected chi connectivity index (χ2v) is 2.79. The van der Waals surface area contributed by atoms with Crippen molar-refractivity contribution in [2.75, 3.05) is 6.61 Å². The highest BCUT2D eigenvalue weighted by Gasteiger charge is 2.05. The molecule has 0 aliphatic rings. The van der Waals surface area contributed by atoms with Gasteiger partial charge in [-0.25, -0.2) is 0 Å². The Morgan fingerprint density at radius 3 is 2.92 bits per heavy atom. The summed E-state index contributed by atoms with van der Waals surface area (Å²) in [6, 6.07) is 7.19. The molecule has 1 rings (SSSR count). The molecule has 1 aromatic carbocycles. The molecule has 0 heterocycles. The smallest absolute Gasteiger partial charge is 0.174 e. The number of hydrogen-bond acceptors (Lipinski definition) is 3. The molecule has 0 unspecified atom stereocenters. The third kappa shape index (κ3) is 2.35. The monoisotopic (exact) mass is 196 g/mol. The molecule has 4 heteroatoms. The minimum atomic E-state index is -0.0171. The first kappa shape index (κ1) is 9.85. The topological polar surface area (TPSA) is 59.0 Å². The van der Waals surface area contributed by atoms with Gasteiger partial charge in [-0.15, -0.1) is 0 Å². The molecule has 68 valence electrons. The predicted octanol–water partition coefficient (Wildman–Crippen LogP) is 1.70. The lowest BCUT2D eigenvalue weighted by Gasteiger charge is -2.08. The lowest BCUT2D eigenvalue weighted by atomic mass is 10.2. The van der Waals surface area contributed by atoms with E-state index < -0.39 is 0 Å². The summed E-state index contributed by atoms with van der Waals surface area (Å²) in [5, 5.41) is 8.82. The van der Waals surface area contributed by atoms with Crippen molar-refractivity contribution in [1.82, 2.24) is 0 Å².